The minimum atomic E-state index is 0. The number of hydrogen-bond acceptors (Lipinski definition) is 4. The average molecular weight is 452 g/mol. The monoisotopic (exact) mass is 452 g/mol. The summed E-state index contributed by atoms with van der Waals surface area (Å²) in [6.45, 7) is 6.69. The number of aromatic nitrogens is 1. The van der Waals surface area contributed by atoms with Crippen LogP contribution in [0, 0.1) is 0 Å². The number of methoxy groups -OCH3 is 1. The fourth-order valence-corrected chi connectivity index (χ4v) is 2.46. The third kappa shape index (κ3) is 8.86. The van der Waals surface area contributed by atoms with E-state index in [1.165, 1.54) is 0 Å². The summed E-state index contributed by atoms with van der Waals surface area (Å²) in [7, 11) is 3.51. The molecule has 0 unspecified atom stereocenters. The summed E-state index contributed by atoms with van der Waals surface area (Å²) in [5.41, 5.74) is 1.05. The fourth-order valence-electron chi connectivity index (χ4n) is 2.46. The van der Waals surface area contributed by atoms with Crippen LogP contribution in [0.3, 0.4) is 0 Å². The van der Waals surface area contributed by atoms with Gasteiger partial charge >= 0.3 is 0 Å². The molecule has 0 saturated carbocycles. The van der Waals surface area contributed by atoms with E-state index in [1.807, 2.05) is 6.07 Å². The molecule has 1 heterocycles. The second-order valence-electron chi connectivity index (χ2n) is 5.64. The third-order valence-corrected chi connectivity index (χ3v) is 3.95. The van der Waals surface area contributed by atoms with Crippen molar-refractivity contribution in [3.05, 3.63) is 17.5 Å². The van der Waals surface area contributed by atoms with Gasteiger partial charge in [-0.3, -0.25) is 4.99 Å². The summed E-state index contributed by atoms with van der Waals surface area (Å²) >= 11 is 0. The first-order chi connectivity index (χ1) is 11.2. The van der Waals surface area contributed by atoms with E-state index in [2.05, 4.69) is 34.6 Å². The van der Waals surface area contributed by atoms with Crippen LogP contribution in [-0.4, -0.2) is 38.4 Å². The van der Waals surface area contributed by atoms with Crippen molar-refractivity contribution in [2.45, 2.75) is 58.4 Å². The largest absolute Gasteiger partial charge is 0.385 e. The van der Waals surface area contributed by atoms with Crippen LogP contribution < -0.4 is 10.6 Å². The Balaban J connectivity index is 0.00000529. The van der Waals surface area contributed by atoms with Gasteiger partial charge < -0.3 is 19.9 Å². The van der Waals surface area contributed by atoms with Crippen LogP contribution in [0.25, 0.3) is 0 Å². The summed E-state index contributed by atoms with van der Waals surface area (Å²) in [5.74, 6) is 2.12. The molecule has 0 aliphatic heterocycles. The molecule has 0 spiro atoms. The molecular formula is C17H33IN4O2. The van der Waals surface area contributed by atoms with E-state index >= 15 is 0 Å². The van der Waals surface area contributed by atoms with Gasteiger partial charge in [0.25, 0.3) is 0 Å². The highest BCUT2D eigenvalue weighted by molar-refractivity contribution is 14.0. The van der Waals surface area contributed by atoms with Crippen molar-refractivity contribution in [1.29, 1.82) is 0 Å². The first kappa shape index (κ1) is 23.2. The summed E-state index contributed by atoms with van der Waals surface area (Å²) < 4.78 is 10.4. The number of nitrogens with zero attached hydrogens (tertiary/aromatic N) is 2. The predicted octanol–water partition coefficient (Wildman–Crippen LogP) is 3.68. The van der Waals surface area contributed by atoms with Crippen molar-refractivity contribution in [3.8, 4) is 0 Å². The van der Waals surface area contributed by atoms with Crippen molar-refractivity contribution in [3.63, 3.8) is 0 Å². The molecule has 0 aliphatic carbocycles. The number of nitrogens with one attached hydrogen (secondary N) is 2. The van der Waals surface area contributed by atoms with Crippen LogP contribution in [0.15, 0.2) is 15.6 Å². The lowest BCUT2D eigenvalue weighted by atomic mass is 9.99. The van der Waals surface area contributed by atoms with E-state index in [4.69, 9.17) is 9.26 Å². The van der Waals surface area contributed by atoms with Crippen molar-refractivity contribution < 1.29 is 9.26 Å². The summed E-state index contributed by atoms with van der Waals surface area (Å²) in [6, 6.07) is 2.04. The SMILES string of the molecule is CCC(CC)c1cc(CNC(=NC)NCCCCCOC)on1.I. The Kier molecular flexibility index (Phi) is 14.0. The number of unbranched alkanes of at least 4 members (excludes halogenated alkanes) is 2. The molecule has 0 fully saturated rings. The van der Waals surface area contributed by atoms with E-state index in [1.54, 1.807) is 14.2 Å². The summed E-state index contributed by atoms with van der Waals surface area (Å²) in [4.78, 5) is 4.22. The van der Waals surface area contributed by atoms with Gasteiger partial charge in [0.2, 0.25) is 0 Å². The molecule has 0 atom stereocenters. The van der Waals surface area contributed by atoms with Crippen molar-refractivity contribution in [2.75, 3.05) is 27.3 Å². The van der Waals surface area contributed by atoms with Gasteiger partial charge in [-0.05, 0) is 32.1 Å². The van der Waals surface area contributed by atoms with Gasteiger partial charge in [-0.2, -0.15) is 0 Å². The van der Waals surface area contributed by atoms with Gasteiger partial charge in [-0.1, -0.05) is 19.0 Å². The second-order valence-corrected chi connectivity index (χ2v) is 5.64. The Bertz CT molecular complexity index is 448. The quantitative estimate of drug-likeness (QED) is 0.232. The first-order valence-corrected chi connectivity index (χ1v) is 8.64. The molecule has 0 amide bonds. The lowest BCUT2D eigenvalue weighted by Gasteiger charge is -2.10. The zero-order valence-electron chi connectivity index (χ0n) is 15.4. The van der Waals surface area contributed by atoms with Gasteiger partial charge in [0, 0.05) is 39.3 Å². The van der Waals surface area contributed by atoms with E-state index in [0.29, 0.717) is 12.5 Å². The number of halogens is 1. The Morgan fingerprint density at radius 2 is 2.00 bits per heavy atom. The molecule has 7 heteroatoms. The Labute approximate surface area is 163 Å². The van der Waals surface area contributed by atoms with E-state index in [0.717, 1.165) is 62.7 Å². The van der Waals surface area contributed by atoms with Gasteiger partial charge in [0.05, 0.1) is 12.2 Å². The highest BCUT2D eigenvalue weighted by Gasteiger charge is 2.13. The Hall–Kier alpha value is -0.830. The van der Waals surface area contributed by atoms with Crippen LogP contribution in [0.1, 0.15) is 63.3 Å². The standard InChI is InChI=1S/C17H32N4O2.HI/c1-5-14(6-2)16-12-15(23-21-16)13-20-17(18-3)19-10-8-7-9-11-22-4;/h12,14H,5-11,13H2,1-4H3,(H2,18,19,20);1H. The maximum Gasteiger partial charge on any atom is 0.191 e. The van der Waals surface area contributed by atoms with Crippen molar-refractivity contribution >= 4 is 29.9 Å². The van der Waals surface area contributed by atoms with E-state index in [9.17, 15) is 0 Å². The summed E-state index contributed by atoms with van der Waals surface area (Å²) in [6.07, 6.45) is 5.52. The van der Waals surface area contributed by atoms with Crippen LogP contribution >= 0.6 is 24.0 Å². The third-order valence-electron chi connectivity index (χ3n) is 3.95. The molecular weight excluding hydrogens is 419 g/mol. The lowest BCUT2D eigenvalue weighted by Crippen LogP contribution is -2.37. The maximum atomic E-state index is 5.40. The molecule has 1 rings (SSSR count). The molecule has 2 N–H and O–H groups in total. The fraction of sp³-hybridized carbons (Fsp3) is 0.765. The minimum Gasteiger partial charge on any atom is -0.385 e. The van der Waals surface area contributed by atoms with E-state index in [-0.39, 0.29) is 24.0 Å². The van der Waals surface area contributed by atoms with Crippen LogP contribution in [-0.2, 0) is 11.3 Å². The van der Waals surface area contributed by atoms with Crippen LogP contribution in [0.4, 0.5) is 0 Å². The number of guanidine groups is 1. The molecule has 1 aromatic heterocycles. The van der Waals surface area contributed by atoms with Crippen molar-refractivity contribution in [1.82, 2.24) is 15.8 Å². The van der Waals surface area contributed by atoms with Crippen molar-refractivity contribution in [2.24, 2.45) is 4.99 Å². The molecule has 24 heavy (non-hydrogen) atoms. The zero-order valence-corrected chi connectivity index (χ0v) is 17.8. The van der Waals surface area contributed by atoms with Gasteiger partial charge in [-0.25, -0.2) is 0 Å². The Morgan fingerprint density at radius 3 is 2.62 bits per heavy atom. The molecule has 0 radical (unpaired) electrons. The summed E-state index contributed by atoms with van der Waals surface area (Å²) in [5, 5.41) is 10.7. The van der Waals surface area contributed by atoms with E-state index < -0.39 is 0 Å². The average Bonchev–Trinajstić information content (AvgIpc) is 3.03. The maximum absolute atomic E-state index is 5.40. The zero-order chi connectivity index (χ0) is 16.9. The van der Waals surface area contributed by atoms with Gasteiger partial charge in [-0.15, -0.1) is 24.0 Å². The molecule has 1 aromatic rings. The molecule has 0 bridgehead atoms. The van der Waals surface area contributed by atoms with Gasteiger partial charge in [0.1, 0.15) is 0 Å². The first-order valence-electron chi connectivity index (χ1n) is 8.64. The van der Waals surface area contributed by atoms with Crippen LogP contribution in [0.2, 0.25) is 0 Å². The molecule has 0 aliphatic rings. The molecule has 0 aromatic carbocycles. The second kappa shape index (κ2) is 14.5. The number of ether oxygens (including phenoxy) is 1. The normalized spacial score (nSPS) is 11.5. The van der Waals surface area contributed by atoms with Crippen LogP contribution in [0.5, 0.6) is 0 Å². The highest BCUT2D eigenvalue weighted by Crippen LogP contribution is 2.22. The number of aliphatic imine (C=N–C) groups is 1. The minimum absolute atomic E-state index is 0. The Morgan fingerprint density at radius 1 is 1.25 bits per heavy atom. The highest BCUT2D eigenvalue weighted by atomic mass is 127. The lowest BCUT2D eigenvalue weighted by molar-refractivity contribution is 0.192. The van der Waals surface area contributed by atoms with Gasteiger partial charge in [0.15, 0.2) is 11.7 Å². The predicted molar refractivity (Wildman–Crippen MR) is 109 cm³/mol. The molecule has 6 nitrogen and oxygen atoms in total. The number of hydrogen-bond donors (Lipinski definition) is 2. The molecule has 140 valence electrons. The smallest absolute Gasteiger partial charge is 0.191 e. The molecule has 0 saturated heterocycles. The number of rotatable bonds is 11. The topological polar surface area (TPSA) is 71.7 Å².